The van der Waals surface area contributed by atoms with Crippen molar-refractivity contribution in [1.29, 1.82) is 0 Å². The third-order valence-electron chi connectivity index (χ3n) is 6.51. The van der Waals surface area contributed by atoms with Crippen molar-refractivity contribution in [1.82, 2.24) is 10.7 Å². The summed E-state index contributed by atoms with van der Waals surface area (Å²) in [7, 11) is -2.79. The summed E-state index contributed by atoms with van der Waals surface area (Å²) in [4.78, 5) is 24.9. The van der Waals surface area contributed by atoms with Crippen LogP contribution in [0.25, 0.3) is 0 Å². The second kappa shape index (κ2) is 14.9. The third kappa shape index (κ3) is 8.93. The zero-order chi connectivity index (χ0) is 30.8. The van der Waals surface area contributed by atoms with Gasteiger partial charge in [0.15, 0.2) is 6.61 Å². The lowest BCUT2D eigenvalue weighted by molar-refractivity contribution is -0.123. The van der Waals surface area contributed by atoms with Gasteiger partial charge < -0.3 is 19.5 Å². The summed E-state index contributed by atoms with van der Waals surface area (Å²) in [5.41, 5.74) is 3.98. The van der Waals surface area contributed by atoms with E-state index in [9.17, 15) is 18.0 Å². The molecule has 2 N–H and O–H groups in total. The number of carbonyl (C=O) groups excluding carboxylic acids is 2. The Balaban J connectivity index is 1.37. The fourth-order valence-corrected chi connectivity index (χ4v) is 5.81. The number of hydrogen-bond donors (Lipinski definition) is 2. The molecule has 1 aliphatic rings. The number of rotatable bonds is 13. The molecular weight excluding hydrogens is 596 g/mol. The molecule has 0 saturated carbocycles. The molecule has 0 spiro atoms. The topological polar surface area (TPSA) is 136 Å². The molecule has 4 rings (SSSR count). The fourth-order valence-electron chi connectivity index (χ4n) is 4.22. The van der Waals surface area contributed by atoms with Gasteiger partial charge in [-0.05, 0) is 79.9 Å². The van der Waals surface area contributed by atoms with E-state index in [1.807, 2.05) is 6.92 Å². The smallest absolute Gasteiger partial charge is 0.264 e. The Labute approximate surface area is 255 Å². The van der Waals surface area contributed by atoms with E-state index in [-0.39, 0.29) is 40.0 Å². The lowest BCUT2D eigenvalue weighted by Crippen LogP contribution is -2.39. The van der Waals surface area contributed by atoms with E-state index in [0.717, 1.165) is 29.3 Å². The number of nitrogens with one attached hydrogen (secondary N) is 2. The number of aryl methyl sites for hydroxylation is 1. The molecular formula is C30H33ClN4O7S. The number of methoxy groups -OCH3 is 1. The van der Waals surface area contributed by atoms with Crippen LogP contribution in [0.1, 0.15) is 24.0 Å². The number of sulfonamides is 1. The molecule has 3 aromatic rings. The molecule has 2 amide bonds. The Morgan fingerprint density at radius 2 is 1.84 bits per heavy atom. The first kappa shape index (κ1) is 31.8. The maximum absolute atomic E-state index is 13.6. The maximum atomic E-state index is 13.6. The first-order chi connectivity index (χ1) is 20.7. The molecule has 228 valence electrons. The summed E-state index contributed by atoms with van der Waals surface area (Å²) >= 11 is 6.17. The van der Waals surface area contributed by atoms with Crippen LogP contribution in [-0.2, 0) is 24.3 Å². The highest BCUT2D eigenvalue weighted by Crippen LogP contribution is 2.34. The van der Waals surface area contributed by atoms with E-state index in [2.05, 4.69) is 15.8 Å². The first-order valence-corrected chi connectivity index (χ1v) is 15.3. The number of amides is 2. The molecule has 43 heavy (non-hydrogen) atoms. The highest BCUT2D eigenvalue weighted by molar-refractivity contribution is 7.92. The van der Waals surface area contributed by atoms with Gasteiger partial charge in [0.2, 0.25) is 0 Å². The molecule has 11 nitrogen and oxygen atoms in total. The highest BCUT2D eigenvalue weighted by Gasteiger charge is 2.29. The van der Waals surface area contributed by atoms with E-state index in [4.69, 9.17) is 25.8 Å². The van der Waals surface area contributed by atoms with Crippen LogP contribution < -0.4 is 24.5 Å². The predicted molar refractivity (Wildman–Crippen MR) is 163 cm³/mol. The summed E-state index contributed by atoms with van der Waals surface area (Å²) < 4.78 is 44.6. The van der Waals surface area contributed by atoms with Crippen molar-refractivity contribution < 1.29 is 32.2 Å². The van der Waals surface area contributed by atoms with Crippen LogP contribution in [0.5, 0.6) is 11.5 Å². The standard InChI is InChI=1S/C30H33ClN4O7S/c1-21-5-12-26(13-6-21)43(38,39)35(27-16-23(31)9-14-28(27)40-2)19-29(36)34-33-17-22-7-10-24(11-8-22)42-20-30(37)32-18-25-4-3-15-41-25/h5-14,16-17,25H,3-4,15,18-20H2,1-2H3,(H,32,37)(H,34,36)/b33-17-/t25-/m0/s1. The zero-order valence-electron chi connectivity index (χ0n) is 23.8. The summed E-state index contributed by atoms with van der Waals surface area (Å²) in [6.45, 7) is 2.31. The number of carbonyl (C=O) groups is 2. The van der Waals surface area contributed by atoms with Crippen LogP contribution in [0.3, 0.4) is 0 Å². The Kier molecular flexibility index (Phi) is 11.0. The monoisotopic (exact) mass is 628 g/mol. The normalized spacial score (nSPS) is 14.8. The SMILES string of the molecule is COc1ccc(Cl)cc1N(CC(=O)N/N=C\c1ccc(OCC(=O)NC[C@@H]2CCCO2)cc1)S(=O)(=O)c1ccc(C)cc1. The second-order valence-corrected chi connectivity index (χ2v) is 12.0. The van der Waals surface area contributed by atoms with Crippen LogP contribution in [0.4, 0.5) is 5.69 Å². The average molecular weight is 629 g/mol. The number of anilines is 1. The third-order valence-corrected chi connectivity index (χ3v) is 8.52. The summed E-state index contributed by atoms with van der Waals surface area (Å²) in [5.74, 6) is -0.222. The number of hydrogen-bond acceptors (Lipinski definition) is 8. The molecule has 1 atom stereocenters. The maximum Gasteiger partial charge on any atom is 0.264 e. The number of hydrazone groups is 1. The van der Waals surface area contributed by atoms with Gasteiger partial charge in [-0.3, -0.25) is 13.9 Å². The van der Waals surface area contributed by atoms with E-state index < -0.39 is 22.5 Å². The molecule has 1 aliphatic heterocycles. The van der Waals surface area contributed by atoms with Gasteiger partial charge in [-0.25, -0.2) is 13.8 Å². The van der Waals surface area contributed by atoms with Gasteiger partial charge in [0, 0.05) is 18.2 Å². The number of nitrogens with zero attached hydrogens (tertiary/aromatic N) is 2. The van der Waals surface area contributed by atoms with E-state index in [0.29, 0.717) is 17.9 Å². The van der Waals surface area contributed by atoms with Gasteiger partial charge in [0.1, 0.15) is 18.0 Å². The largest absolute Gasteiger partial charge is 0.495 e. The van der Waals surface area contributed by atoms with Crippen molar-refractivity contribution in [3.63, 3.8) is 0 Å². The Bertz CT molecular complexity index is 1540. The number of benzene rings is 3. The first-order valence-electron chi connectivity index (χ1n) is 13.5. The van der Waals surface area contributed by atoms with Crippen LogP contribution >= 0.6 is 11.6 Å². The van der Waals surface area contributed by atoms with Crippen molar-refractivity contribution in [2.75, 3.05) is 37.7 Å². The van der Waals surface area contributed by atoms with E-state index in [1.54, 1.807) is 42.5 Å². The van der Waals surface area contributed by atoms with E-state index >= 15 is 0 Å². The molecule has 1 saturated heterocycles. The Morgan fingerprint density at radius 1 is 1.09 bits per heavy atom. The predicted octanol–water partition coefficient (Wildman–Crippen LogP) is 3.68. The minimum atomic E-state index is -4.18. The second-order valence-electron chi connectivity index (χ2n) is 9.73. The van der Waals surface area contributed by atoms with Crippen molar-refractivity contribution in [2.45, 2.75) is 30.8 Å². The van der Waals surface area contributed by atoms with Crippen LogP contribution in [0.2, 0.25) is 5.02 Å². The molecule has 0 unspecified atom stereocenters. The zero-order valence-corrected chi connectivity index (χ0v) is 25.4. The van der Waals surface area contributed by atoms with Crippen LogP contribution in [-0.4, -0.2) is 66.0 Å². The number of ether oxygens (including phenoxy) is 3. The minimum Gasteiger partial charge on any atom is -0.495 e. The van der Waals surface area contributed by atoms with E-state index in [1.165, 1.54) is 37.6 Å². The summed E-state index contributed by atoms with van der Waals surface area (Å²) in [6, 6.07) is 17.5. The van der Waals surface area contributed by atoms with Crippen LogP contribution in [0.15, 0.2) is 76.7 Å². The van der Waals surface area contributed by atoms with Crippen molar-refractivity contribution in [3.8, 4) is 11.5 Å². The van der Waals surface area contributed by atoms with Gasteiger partial charge in [0.05, 0.1) is 30.0 Å². The average Bonchev–Trinajstić information content (AvgIpc) is 3.52. The van der Waals surface area contributed by atoms with Crippen molar-refractivity contribution in [3.05, 3.63) is 82.9 Å². The van der Waals surface area contributed by atoms with Crippen LogP contribution in [0, 0.1) is 6.92 Å². The molecule has 0 bridgehead atoms. The molecule has 0 radical (unpaired) electrons. The molecule has 1 fully saturated rings. The lowest BCUT2D eigenvalue weighted by Gasteiger charge is -2.25. The van der Waals surface area contributed by atoms with Gasteiger partial charge in [-0.15, -0.1) is 0 Å². The van der Waals surface area contributed by atoms with Gasteiger partial charge in [-0.1, -0.05) is 29.3 Å². The van der Waals surface area contributed by atoms with Crippen molar-refractivity contribution in [2.24, 2.45) is 5.10 Å². The van der Waals surface area contributed by atoms with Crippen molar-refractivity contribution >= 4 is 45.3 Å². The summed E-state index contributed by atoms with van der Waals surface area (Å²) in [5, 5.41) is 7.02. The molecule has 0 aromatic heterocycles. The molecule has 3 aromatic carbocycles. The van der Waals surface area contributed by atoms with Gasteiger partial charge >= 0.3 is 0 Å². The minimum absolute atomic E-state index is 0.000880. The Hall–Kier alpha value is -4.13. The molecule has 0 aliphatic carbocycles. The lowest BCUT2D eigenvalue weighted by atomic mass is 10.2. The molecule has 1 heterocycles. The summed E-state index contributed by atoms with van der Waals surface area (Å²) in [6.07, 6.45) is 3.40. The van der Waals surface area contributed by atoms with Gasteiger partial charge in [-0.2, -0.15) is 5.10 Å². The quantitative estimate of drug-likeness (QED) is 0.218. The van der Waals surface area contributed by atoms with Gasteiger partial charge in [0.25, 0.3) is 21.8 Å². The fraction of sp³-hybridized carbons (Fsp3) is 0.300. The Morgan fingerprint density at radius 3 is 2.51 bits per heavy atom. The number of halogens is 1. The molecule has 13 heteroatoms. The highest BCUT2D eigenvalue weighted by atomic mass is 35.5.